The summed E-state index contributed by atoms with van der Waals surface area (Å²) >= 11 is 1.05. The van der Waals surface area contributed by atoms with Crippen LogP contribution in [0.2, 0.25) is 0 Å². The zero-order valence-corrected chi connectivity index (χ0v) is 18.2. The Morgan fingerprint density at radius 3 is 2.49 bits per heavy atom. The maximum Gasteiger partial charge on any atom is 0.416 e. The highest BCUT2D eigenvalue weighted by atomic mass is 32.1. The molecular weight excluding hydrogens is 498 g/mol. The Bertz CT molecular complexity index is 1330. The highest BCUT2D eigenvalue weighted by molar-refractivity contribution is 7.17. The summed E-state index contributed by atoms with van der Waals surface area (Å²) in [5.74, 6) is 0.0122. The Morgan fingerprint density at radius 1 is 1.00 bits per heavy atom. The first-order valence-corrected chi connectivity index (χ1v) is 10.6. The van der Waals surface area contributed by atoms with Crippen molar-refractivity contribution in [2.45, 2.75) is 18.9 Å². The lowest BCUT2D eigenvalue weighted by Gasteiger charge is -2.16. The normalized spacial score (nSPS) is 11.9. The van der Waals surface area contributed by atoms with Gasteiger partial charge in [-0.25, -0.2) is 9.97 Å². The van der Waals surface area contributed by atoms with Gasteiger partial charge in [0.1, 0.15) is 10.7 Å². The molecular formula is C21H14F6N6OS. The number of aromatic nitrogens is 4. The van der Waals surface area contributed by atoms with Gasteiger partial charge in [0.15, 0.2) is 5.13 Å². The number of pyridine rings is 1. The Hall–Kier alpha value is -3.94. The lowest BCUT2D eigenvalue weighted by Crippen LogP contribution is -2.15. The molecule has 0 unspecified atom stereocenters. The molecule has 14 heteroatoms. The van der Waals surface area contributed by atoms with E-state index in [2.05, 4.69) is 25.7 Å². The minimum Gasteiger partial charge on any atom is -0.319 e. The third-order valence-electron chi connectivity index (χ3n) is 4.60. The molecule has 3 heterocycles. The van der Waals surface area contributed by atoms with Gasteiger partial charge in [0.25, 0.3) is 5.91 Å². The fourth-order valence-electron chi connectivity index (χ4n) is 3.02. The van der Waals surface area contributed by atoms with Gasteiger partial charge in [-0.3, -0.25) is 9.48 Å². The third kappa shape index (κ3) is 5.95. The molecule has 0 fully saturated rings. The molecule has 0 aliphatic heterocycles. The maximum atomic E-state index is 13.4. The van der Waals surface area contributed by atoms with Crippen molar-refractivity contribution in [1.82, 2.24) is 19.7 Å². The van der Waals surface area contributed by atoms with Crippen LogP contribution in [0.3, 0.4) is 0 Å². The lowest BCUT2D eigenvalue weighted by molar-refractivity contribution is -0.143. The second-order valence-electron chi connectivity index (χ2n) is 7.12. The van der Waals surface area contributed by atoms with Crippen molar-refractivity contribution in [3.05, 3.63) is 82.8 Å². The van der Waals surface area contributed by atoms with E-state index in [9.17, 15) is 31.1 Å². The first-order chi connectivity index (χ1) is 16.5. The van der Waals surface area contributed by atoms with E-state index in [0.29, 0.717) is 17.0 Å². The number of anilines is 3. The topological polar surface area (TPSA) is 84.7 Å². The quantitative estimate of drug-likeness (QED) is 0.318. The van der Waals surface area contributed by atoms with Gasteiger partial charge in [0, 0.05) is 12.4 Å². The highest BCUT2D eigenvalue weighted by Crippen LogP contribution is 2.37. The molecule has 1 amide bonds. The van der Waals surface area contributed by atoms with Gasteiger partial charge in [-0.1, -0.05) is 23.5 Å². The van der Waals surface area contributed by atoms with Gasteiger partial charge < -0.3 is 10.6 Å². The number of rotatable bonds is 6. The molecule has 0 aliphatic carbocycles. The molecule has 0 saturated heterocycles. The van der Waals surface area contributed by atoms with Crippen LogP contribution in [-0.4, -0.2) is 25.7 Å². The van der Waals surface area contributed by atoms with E-state index in [1.807, 2.05) is 0 Å². The summed E-state index contributed by atoms with van der Waals surface area (Å²) in [6.07, 6.45) is -4.50. The number of thiazole rings is 1. The molecule has 182 valence electrons. The fourth-order valence-corrected chi connectivity index (χ4v) is 3.74. The van der Waals surface area contributed by atoms with E-state index in [1.54, 1.807) is 24.4 Å². The molecule has 0 radical (unpaired) electrons. The predicted molar refractivity (Wildman–Crippen MR) is 115 cm³/mol. The average molecular weight is 512 g/mol. The number of hydrogen-bond acceptors (Lipinski definition) is 6. The zero-order chi connectivity index (χ0) is 25.2. The summed E-state index contributed by atoms with van der Waals surface area (Å²) < 4.78 is 79.7. The van der Waals surface area contributed by atoms with Gasteiger partial charge in [0.2, 0.25) is 0 Å². The standard InChI is InChI=1S/C21H14F6N6OS/c22-20(23,24)13-5-4-12(15(7-13)21(25,26)27)10-33-11-14(8-30-33)31-18(34)16-9-29-19(35-16)32-17-3-1-2-6-28-17/h1-9,11H,10H2,(H,31,34)(H,28,29,32). The van der Waals surface area contributed by atoms with Crippen molar-refractivity contribution in [2.75, 3.05) is 10.6 Å². The Balaban J connectivity index is 1.45. The first-order valence-electron chi connectivity index (χ1n) is 9.74. The molecule has 0 saturated carbocycles. The molecule has 1 aromatic carbocycles. The van der Waals surface area contributed by atoms with Crippen molar-refractivity contribution in [1.29, 1.82) is 0 Å². The molecule has 0 spiro atoms. The van der Waals surface area contributed by atoms with Gasteiger partial charge in [0.05, 0.1) is 35.8 Å². The number of carbonyl (C=O) groups is 1. The van der Waals surface area contributed by atoms with Crippen LogP contribution in [0, 0.1) is 0 Å². The van der Waals surface area contributed by atoms with Crippen molar-refractivity contribution >= 4 is 33.9 Å². The number of carbonyl (C=O) groups excluding carboxylic acids is 1. The van der Waals surface area contributed by atoms with E-state index < -0.39 is 41.5 Å². The molecule has 0 atom stereocenters. The molecule has 7 nitrogen and oxygen atoms in total. The predicted octanol–water partition coefficient (Wildman–Crippen LogP) is 5.82. The van der Waals surface area contributed by atoms with Crippen LogP contribution in [0.5, 0.6) is 0 Å². The summed E-state index contributed by atoms with van der Waals surface area (Å²) in [5.41, 5.74) is -3.03. The smallest absolute Gasteiger partial charge is 0.319 e. The minimum absolute atomic E-state index is 0.0713. The summed E-state index contributed by atoms with van der Waals surface area (Å²) in [5, 5.41) is 9.81. The monoisotopic (exact) mass is 512 g/mol. The Labute approximate surface area is 197 Å². The van der Waals surface area contributed by atoms with Crippen molar-refractivity contribution in [3.8, 4) is 0 Å². The number of hydrogen-bond donors (Lipinski definition) is 2. The van der Waals surface area contributed by atoms with Crippen LogP contribution in [-0.2, 0) is 18.9 Å². The number of benzene rings is 1. The van der Waals surface area contributed by atoms with Crippen molar-refractivity contribution < 1.29 is 31.1 Å². The average Bonchev–Trinajstić information content (AvgIpc) is 3.43. The maximum absolute atomic E-state index is 13.4. The van der Waals surface area contributed by atoms with Crippen LogP contribution in [0.1, 0.15) is 26.4 Å². The largest absolute Gasteiger partial charge is 0.416 e. The van der Waals surface area contributed by atoms with Gasteiger partial charge >= 0.3 is 12.4 Å². The van der Waals surface area contributed by atoms with Gasteiger partial charge in [-0.2, -0.15) is 31.4 Å². The minimum atomic E-state index is -4.99. The molecule has 0 bridgehead atoms. The van der Waals surface area contributed by atoms with E-state index in [1.165, 1.54) is 18.6 Å². The van der Waals surface area contributed by atoms with Gasteiger partial charge in [-0.15, -0.1) is 0 Å². The number of amides is 1. The number of nitrogens with zero attached hydrogens (tertiary/aromatic N) is 4. The molecule has 35 heavy (non-hydrogen) atoms. The first kappa shape index (κ1) is 24.2. The summed E-state index contributed by atoms with van der Waals surface area (Å²) in [7, 11) is 0. The van der Waals surface area contributed by atoms with Crippen LogP contribution in [0.15, 0.2) is 61.2 Å². The van der Waals surface area contributed by atoms with E-state index in [-0.39, 0.29) is 16.6 Å². The second kappa shape index (κ2) is 9.37. The Morgan fingerprint density at radius 2 is 1.80 bits per heavy atom. The zero-order valence-electron chi connectivity index (χ0n) is 17.4. The van der Waals surface area contributed by atoms with Gasteiger partial charge in [-0.05, 0) is 29.8 Å². The highest BCUT2D eigenvalue weighted by Gasteiger charge is 2.38. The summed E-state index contributed by atoms with van der Waals surface area (Å²) in [6, 6.07) is 6.65. The lowest BCUT2D eigenvalue weighted by atomic mass is 10.0. The van der Waals surface area contributed by atoms with Crippen molar-refractivity contribution in [2.24, 2.45) is 0 Å². The van der Waals surface area contributed by atoms with E-state index in [4.69, 9.17) is 0 Å². The molecule has 3 aromatic heterocycles. The summed E-state index contributed by atoms with van der Waals surface area (Å²) in [6.45, 7) is -0.457. The molecule has 0 aliphatic rings. The summed E-state index contributed by atoms with van der Waals surface area (Å²) in [4.78, 5) is 20.9. The SMILES string of the molecule is O=C(Nc1cnn(Cc2ccc(C(F)(F)F)cc2C(F)(F)F)c1)c1cnc(Nc2ccccn2)s1. The number of halogens is 6. The van der Waals surface area contributed by atoms with Crippen molar-refractivity contribution in [3.63, 3.8) is 0 Å². The molecule has 4 rings (SSSR count). The van der Waals surface area contributed by atoms with Crippen LogP contribution < -0.4 is 10.6 Å². The molecule has 4 aromatic rings. The van der Waals surface area contributed by atoms with Crippen LogP contribution in [0.4, 0.5) is 43.0 Å². The molecule has 2 N–H and O–H groups in total. The second-order valence-corrected chi connectivity index (χ2v) is 8.15. The van der Waals surface area contributed by atoms with Crippen LogP contribution in [0.25, 0.3) is 0 Å². The number of nitrogens with one attached hydrogen (secondary N) is 2. The van der Waals surface area contributed by atoms with Crippen LogP contribution >= 0.6 is 11.3 Å². The third-order valence-corrected chi connectivity index (χ3v) is 5.51. The fraction of sp³-hybridized carbons (Fsp3) is 0.143. The Kier molecular flexibility index (Phi) is 6.47. The van der Waals surface area contributed by atoms with E-state index >= 15 is 0 Å². The van der Waals surface area contributed by atoms with E-state index in [0.717, 1.165) is 22.1 Å². The number of alkyl halides is 6.